The van der Waals surface area contributed by atoms with Crippen molar-refractivity contribution in [2.75, 3.05) is 13.1 Å². The van der Waals surface area contributed by atoms with Gasteiger partial charge in [0.25, 0.3) is 0 Å². The van der Waals surface area contributed by atoms with Crippen LogP contribution in [-0.4, -0.2) is 58.6 Å². The van der Waals surface area contributed by atoms with Gasteiger partial charge in [0.05, 0.1) is 24.5 Å². The highest BCUT2D eigenvalue weighted by Crippen LogP contribution is 2.29. The molecular formula is C17H25N3O3. The van der Waals surface area contributed by atoms with Gasteiger partial charge in [-0.1, -0.05) is 13.8 Å². The van der Waals surface area contributed by atoms with Crippen LogP contribution in [0.3, 0.4) is 0 Å². The maximum atomic E-state index is 12.1. The summed E-state index contributed by atoms with van der Waals surface area (Å²) in [6.45, 7) is 7.64. The number of ketones is 1. The van der Waals surface area contributed by atoms with Gasteiger partial charge in [-0.15, -0.1) is 0 Å². The molecule has 2 amide bonds. The lowest BCUT2D eigenvalue weighted by Crippen LogP contribution is -2.44. The van der Waals surface area contributed by atoms with Crippen molar-refractivity contribution in [2.24, 2.45) is 5.92 Å². The summed E-state index contributed by atoms with van der Waals surface area (Å²) in [4.78, 5) is 39.6. The highest BCUT2D eigenvalue weighted by Gasteiger charge is 2.43. The molecule has 3 atom stereocenters. The molecule has 0 aromatic rings. The lowest BCUT2D eigenvalue weighted by atomic mass is 10.0. The molecule has 2 saturated heterocycles. The predicted molar refractivity (Wildman–Crippen MR) is 85.4 cm³/mol. The second-order valence-electron chi connectivity index (χ2n) is 7.27. The Labute approximate surface area is 136 Å². The quantitative estimate of drug-likeness (QED) is 0.774. The average Bonchev–Trinajstić information content (AvgIpc) is 3.10. The SMILES string of the molecule is CC(C)C[C@@H]1NC(=O)C=C1N1CC[C@H](N2C(=O)CC(=O)[C@@H]2C)C1. The number of amides is 2. The van der Waals surface area contributed by atoms with Gasteiger partial charge in [-0.05, 0) is 25.7 Å². The van der Waals surface area contributed by atoms with Gasteiger partial charge in [-0.2, -0.15) is 0 Å². The molecule has 0 aliphatic carbocycles. The van der Waals surface area contributed by atoms with Crippen molar-refractivity contribution in [3.63, 3.8) is 0 Å². The Balaban J connectivity index is 1.70. The molecule has 0 spiro atoms. The van der Waals surface area contributed by atoms with E-state index in [1.807, 2.05) is 6.92 Å². The molecule has 2 fully saturated rings. The summed E-state index contributed by atoms with van der Waals surface area (Å²) in [5.74, 6) is 0.429. The predicted octanol–water partition coefficient (Wildman–Crippen LogP) is 0.679. The minimum atomic E-state index is -0.309. The molecule has 3 aliphatic heterocycles. The van der Waals surface area contributed by atoms with Gasteiger partial charge in [-0.3, -0.25) is 14.4 Å². The summed E-state index contributed by atoms with van der Waals surface area (Å²) in [5, 5.41) is 3.01. The van der Waals surface area contributed by atoms with Crippen LogP contribution in [0.2, 0.25) is 0 Å². The van der Waals surface area contributed by atoms with Crippen molar-refractivity contribution in [1.82, 2.24) is 15.1 Å². The van der Waals surface area contributed by atoms with Gasteiger partial charge >= 0.3 is 0 Å². The Kier molecular flexibility index (Phi) is 4.17. The van der Waals surface area contributed by atoms with Crippen molar-refractivity contribution < 1.29 is 14.4 Å². The number of Topliss-reactive ketones (excluding diaryl/α,β-unsaturated/α-hetero) is 1. The van der Waals surface area contributed by atoms with Crippen LogP contribution in [0.5, 0.6) is 0 Å². The molecule has 0 radical (unpaired) electrons. The second-order valence-corrected chi connectivity index (χ2v) is 7.27. The van der Waals surface area contributed by atoms with Crippen molar-refractivity contribution >= 4 is 17.6 Å². The molecule has 1 N–H and O–H groups in total. The van der Waals surface area contributed by atoms with Gasteiger partial charge < -0.3 is 15.1 Å². The number of carbonyl (C=O) groups excluding carboxylic acids is 3. The van der Waals surface area contributed by atoms with E-state index in [0.29, 0.717) is 12.5 Å². The third kappa shape index (κ3) is 2.99. The summed E-state index contributed by atoms with van der Waals surface area (Å²) in [6, 6.07) is -0.175. The molecule has 0 saturated carbocycles. The fraction of sp³-hybridized carbons (Fsp3) is 0.706. The zero-order valence-corrected chi connectivity index (χ0v) is 14.0. The zero-order valence-electron chi connectivity index (χ0n) is 14.0. The van der Waals surface area contributed by atoms with E-state index in [2.05, 4.69) is 24.1 Å². The van der Waals surface area contributed by atoms with Crippen LogP contribution in [0.4, 0.5) is 0 Å². The highest BCUT2D eigenvalue weighted by molar-refractivity contribution is 6.07. The van der Waals surface area contributed by atoms with Crippen LogP contribution >= 0.6 is 0 Å². The lowest BCUT2D eigenvalue weighted by molar-refractivity contribution is -0.130. The largest absolute Gasteiger partial charge is 0.371 e. The summed E-state index contributed by atoms with van der Waals surface area (Å²) in [7, 11) is 0. The number of carbonyl (C=O) groups is 3. The summed E-state index contributed by atoms with van der Waals surface area (Å²) in [5.41, 5.74) is 1.04. The Morgan fingerprint density at radius 2 is 2.04 bits per heavy atom. The molecule has 0 bridgehead atoms. The van der Waals surface area contributed by atoms with Crippen LogP contribution in [0.25, 0.3) is 0 Å². The second kappa shape index (κ2) is 5.98. The summed E-state index contributed by atoms with van der Waals surface area (Å²) in [6.07, 6.45) is 3.49. The number of rotatable bonds is 4. The van der Waals surface area contributed by atoms with E-state index in [0.717, 1.165) is 25.1 Å². The van der Waals surface area contributed by atoms with Gasteiger partial charge in [0.15, 0.2) is 5.78 Å². The first-order chi connectivity index (χ1) is 10.9. The minimum absolute atomic E-state index is 0.0167. The zero-order chi connectivity index (χ0) is 16.7. The van der Waals surface area contributed by atoms with E-state index in [4.69, 9.17) is 0 Å². The molecule has 0 aromatic carbocycles. The van der Waals surface area contributed by atoms with Gasteiger partial charge in [0.1, 0.15) is 0 Å². The molecule has 6 heteroatoms. The van der Waals surface area contributed by atoms with Crippen LogP contribution in [-0.2, 0) is 14.4 Å². The standard InChI is InChI=1S/C17H25N3O3/c1-10(2)6-13-14(7-16(22)18-13)19-5-4-12(9-19)20-11(3)15(21)8-17(20)23/h7,10-13H,4-6,8-9H2,1-3H3,(H,18,22)/t11-,12-,13-/m0/s1. The fourth-order valence-corrected chi connectivity index (χ4v) is 3.97. The average molecular weight is 319 g/mol. The van der Waals surface area contributed by atoms with Gasteiger partial charge in [0, 0.05) is 24.9 Å². The summed E-state index contributed by atoms with van der Waals surface area (Å²) < 4.78 is 0. The van der Waals surface area contributed by atoms with Crippen LogP contribution in [0, 0.1) is 5.92 Å². The molecule has 126 valence electrons. The smallest absolute Gasteiger partial charge is 0.246 e. The Morgan fingerprint density at radius 1 is 1.30 bits per heavy atom. The third-order valence-corrected chi connectivity index (χ3v) is 5.08. The fourth-order valence-electron chi connectivity index (χ4n) is 3.97. The molecule has 3 rings (SSSR count). The lowest BCUT2D eigenvalue weighted by Gasteiger charge is -2.30. The number of nitrogens with zero attached hydrogens (tertiary/aromatic N) is 2. The van der Waals surface area contributed by atoms with Crippen molar-refractivity contribution in [2.45, 2.75) is 58.2 Å². The van der Waals surface area contributed by atoms with Crippen molar-refractivity contribution in [3.8, 4) is 0 Å². The maximum absolute atomic E-state index is 12.1. The summed E-state index contributed by atoms with van der Waals surface area (Å²) >= 11 is 0. The minimum Gasteiger partial charge on any atom is -0.371 e. The monoisotopic (exact) mass is 319 g/mol. The van der Waals surface area contributed by atoms with Crippen molar-refractivity contribution in [1.29, 1.82) is 0 Å². The Hall–Kier alpha value is -1.85. The molecule has 6 nitrogen and oxygen atoms in total. The topological polar surface area (TPSA) is 69.7 Å². The molecule has 3 aliphatic rings. The van der Waals surface area contributed by atoms with E-state index < -0.39 is 0 Å². The first-order valence-electron chi connectivity index (χ1n) is 8.47. The van der Waals surface area contributed by atoms with Crippen LogP contribution in [0.1, 0.15) is 40.0 Å². The normalized spacial score (nSPS) is 31.4. The van der Waals surface area contributed by atoms with E-state index in [1.54, 1.807) is 11.0 Å². The van der Waals surface area contributed by atoms with Crippen molar-refractivity contribution in [3.05, 3.63) is 11.8 Å². The highest BCUT2D eigenvalue weighted by atomic mass is 16.2. The maximum Gasteiger partial charge on any atom is 0.246 e. The number of hydrogen-bond donors (Lipinski definition) is 1. The Bertz CT molecular complexity index is 569. The molecule has 3 heterocycles. The molecule has 23 heavy (non-hydrogen) atoms. The van der Waals surface area contributed by atoms with Crippen LogP contribution in [0.15, 0.2) is 11.8 Å². The number of hydrogen-bond acceptors (Lipinski definition) is 4. The number of nitrogens with one attached hydrogen (secondary N) is 1. The number of likely N-dealkylation sites (tertiary alicyclic amines) is 2. The van der Waals surface area contributed by atoms with Gasteiger partial charge in [-0.25, -0.2) is 0 Å². The van der Waals surface area contributed by atoms with Crippen LogP contribution < -0.4 is 5.32 Å². The first-order valence-corrected chi connectivity index (χ1v) is 8.47. The van der Waals surface area contributed by atoms with E-state index in [-0.39, 0.29) is 42.1 Å². The third-order valence-electron chi connectivity index (χ3n) is 5.08. The first kappa shape index (κ1) is 16.0. The van der Waals surface area contributed by atoms with E-state index in [9.17, 15) is 14.4 Å². The molecule has 0 unspecified atom stereocenters. The molecule has 0 aromatic heterocycles. The van der Waals surface area contributed by atoms with Gasteiger partial charge in [0.2, 0.25) is 11.8 Å². The molecular weight excluding hydrogens is 294 g/mol. The Morgan fingerprint density at radius 3 is 2.65 bits per heavy atom. The van der Waals surface area contributed by atoms with E-state index in [1.165, 1.54) is 0 Å². The van der Waals surface area contributed by atoms with E-state index >= 15 is 0 Å².